The number of nitrogens with zero attached hydrogens (tertiary/aromatic N) is 2. The molecule has 1 rings (SSSR count). The summed E-state index contributed by atoms with van der Waals surface area (Å²) in [6.07, 6.45) is 3.04. The monoisotopic (exact) mass is 271 g/mol. The standard InChI is InChI=1S/C14H29N3O2/c1-12(2)19-9-8-16(3)13(11-15)10-14(18)17-6-4-5-7-17/h12-13H,4-11,15H2,1-3H3. The van der Waals surface area contributed by atoms with Gasteiger partial charge in [-0.25, -0.2) is 0 Å². The van der Waals surface area contributed by atoms with E-state index in [1.54, 1.807) is 0 Å². The summed E-state index contributed by atoms with van der Waals surface area (Å²) < 4.78 is 5.53. The average molecular weight is 271 g/mol. The van der Waals surface area contributed by atoms with Crippen LogP contribution < -0.4 is 5.73 Å². The lowest BCUT2D eigenvalue weighted by atomic mass is 10.1. The van der Waals surface area contributed by atoms with E-state index >= 15 is 0 Å². The van der Waals surface area contributed by atoms with E-state index in [0.717, 1.165) is 32.5 Å². The van der Waals surface area contributed by atoms with E-state index in [1.807, 2.05) is 25.8 Å². The van der Waals surface area contributed by atoms with Gasteiger partial charge < -0.3 is 15.4 Å². The molecule has 0 spiro atoms. The van der Waals surface area contributed by atoms with Gasteiger partial charge in [0.1, 0.15) is 0 Å². The fraction of sp³-hybridized carbons (Fsp3) is 0.929. The quantitative estimate of drug-likeness (QED) is 0.705. The second-order valence-electron chi connectivity index (χ2n) is 5.58. The molecule has 0 aromatic heterocycles. The fourth-order valence-corrected chi connectivity index (χ4v) is 2.33. The molecule has 2 N–H and O–H groups in total. The highest BCUT2D eigenvalue weighted by molar-refractivity contribution is 5.77. The summed E-state index contributed by atoms with van der Waals surface area (Å²) in [4.78, 5) is 16.2. The van der Waals surface area contributed by atoms with Gasteiger partial charge in [-0.1, -0.05) is 0 Å². The predicted octanol–water partition coefficient (Wildman–Crippen LogP) is 0.683. The summed E-state index contributed by atoms with van der Waals surface area (Å²) in [6.45, 7) is 7.88. The van der Waals surface area contributed by atoms with Crippen molar-refractivity contribution in [2.75, 3.05) is 39.8 Å². The number of carbonyl (C=O) groups is 1. The molecule has 0 aromatic carbocycles. The van der Waals surface area contributed by atoms with E-state index in [1.165, 1.54) is 0 Å². The molecule has 19 heavy (non-hydrogen) atoms. The minimum atomic E-state index is 0.115. The summed E-state index contributed by atoms with van der Waals surface area (Å²) in [5.74, 6) is 0.240. The first-order valence-corrected chi connectivity index (χ1v) is 7.34. The van der Waals surface area contributed by atoms with E-state index in [4.69, 9.17) is 10.5 Å². The van der Waals surface area contributed by atoms with Crippen LogP contribution in [0.2, 0.25) is 0 Å². The first kappa shape index (κ1) is 16.4. The molecular formula is C14H29N3O2. The van der Waals surface area contributed by atoms with Crippen LogP contribution in [0.25, 0.3) is 0 Å². The molecule has 1 fully saturated rings. The van der Waals surface area contributed by atoms with Gasteiger partial charge in [0.25, 0.3) is 0 Å². The Balaban J connectivity index is 2.32. The topological polar surface area (TPSA) is 58.8 Å². The third kappa shape index (κ3) is 5.89. The summed E-state index contributed by atoms with van der Waals surface area (Å²) in [6, 6.07) is 0.115. The van der Waals surface area contributed by atoms with Gasteiger partial charge in [-0.2, -0.15) is 0 Å². The zero-order chi connectivity index (χ0) is 14.3. The lowest BCUT2D eigenvalue weighted by molar-refractivity contribution is -0.131. The molecule has 1 heterocycles. The number of hydrogen-bond acceptors (Lipinski definition) is 4. The van der Waals surface area contributed by atoms with E-state index in [0.29, 0.717) is 19.6 Å². The molecule has 1 unspecified atom stereocenters. The molecule has 1 saturated heterocycles. The van der Waals surface area contributed by atoms with E-state index < -0.39 is 0 Å². The summed E-state index contributed by atoms with van der Waals surface area (Å²) in [7, 11) is 2.01. The lowest BCUT2D eigenvalue weighted by Gasteiger charge is -2.28. The van der Waals surface area contributed by atoms with Crippen molar-refractivity contribution in [3.05, 3.63) is 0 Å². The van der Waals surface area contributed by atoms with Gasteiger partial charge in [-0.3, -0.25) is 9.69 Å². The van der Waals surface area contributed by atoms with Crippen LogP contribution in [0.1, 0.15) is 33.1 Å². The van der Waals surface area contributed by atoms with Crippen LogP contribution in [0.3, 0.4) is 0 Å². The van der Waals surface area contributed by atoms with E-state index in [2.05, 4.69) is 4.90 Å². The second kappa shape index (κ2) is 8.51. The van der Waals surface area contributed by atoms with Crippen LogP contribution in [-0.2, 0) is 9.53 Å². The number of ether oxygens (including phenoxy) is 1. The van der Waals surface area contributed by atoms with Gasteiger partial charge in [0.05, 0.1) is 12.7 Å². The zero-order valence-corrected chi connectivity index (χ0v) is 12.6. The first-order chi connectivity index (χ1) is 9.04. The molecule has 0 aromatic rings. The summed E-state index contributed by atoms with van der Waals surface area (Å²) in [5, 5.41) is 0. The largest absolute Gasteiger partial charge is 0.377 e. The van der Waals surface area contributed by atoms with Gasteiger partial charge in [-0.05, 0) is 33.7 Å². The molecule has 0 radical (unpaired) electrons. The Bertz CT molecular complexity index is 265. The number of likely N-dealkylation sites (tertiary alicyclic amines) is 1. The summed E-state index contributed by atoms with van der Waals surface area (Å²) >= 11 is 0. The third-order valence-electron chi connectivity index (χ3n) is 3.66. The number of likely N-dealkylation sites (N-methyl/N-ethyl adjacent to an activating group) is 1. The second-order valence-corrected chi connectivity index (χ2v) is 5.58. The molecule has 5 heteroatoms. The average Bonchev–Trinajstić information content (AvgIpc) is 2.88. The van der Waals surface area contributed by atoms with E-state index in [9.17, 15) is 4.79 Å². The third-order valence-corrected chi connectivity index (χ3v) is 3.66. The van der Waals surface area contributed by atoms with Crippen molar-refractivity contribution in [2.45, 2.75) is 45.3 Å². The highest BCUT2D eigenvalue weighted by Gasteiger charge is 2.23. The van der Waals surface area contributed by atoms with Crippen LogP contribution in [0.4, 0.5) is 0 Å². The number of carbonyl (C=O) groups excluding carboxylic acids is 1. The van der Waals surface area contributed by atoms with Crippen molar-refractivity contribution >= 4 is 5.91 Å². The number of nitrogens with two attached hydrogens (primary N) is 1. The maximum absolute atomic E-state index is 12.1. The Morgan fingerprint density at radius 3 is 2.53 bits per heavy atom. The molecule has 112 valence electrons. The fourth-order valence-electron chi connectivity index (χ4n) is 2.33. The van der Waals surface area contributed by atoms with Crippen molar-refractivity contribution in [3.63, 3.8) is 0 Å². The van der Waals surface area contributed by atoms with Crippen LogP contribution >= 0.6 is 0 Å². The molecule has 5 nitrogen and oxygen atoms in total. The zero-order valence-electron chi connectivity index (χ0n) is 12.6. The molecule has 0 aliphatic carbocycles. The lowest BCUT2D eigenvalue weighted by Crippen LogP contribution is -2.43. The smallest absolute Gasteiger partial charge is 0.224 e. The molecule has 0 saturated carbocycles. The first-order valence-electron chi connectivity index (χ1n) is 7.34. The van der Waals surface area contributed by atoms with Crippen molar-refractivity contribution in [2.24, 2.45) is 5.73 Å². The molecule has 1 aliphatic heterocycles. The van der Waals surface area contributed by atoms with Gasteiger partial charge in [-0.15, -0.1) is 0 Å². The van der Waals surface area contributed by atoms with Crippen molar-refractivity contribution in [1.29, 1.82) is 0 Å². The molecule has 1 atom stereocenters. The van der Waals surface area contributed by atoms with Crippen LogP contribution in [-0.4, -0.2) is 67.7 Å². The molecule has 1 amide bonds. The normalized spacial score (nSPS) is 17.5. The molecule has 0 bridgehead atoms. The number of rotatable bonds is 8. The van der Waals surface area contributed by atoms with Gasteiger partial charge in [0.15, 0.2) is 0 Å². The summed E-state index contributed by atoms with van der Waals surface area (Å²) in [5.41, 5.74) is 5.80. The van der Waals surface area contributed by atoms with Gasteiger partial charge in [0, 0.05) is 38.6 Å². The van der Waals surface area contributed by atoms with Gasteiger partial charge in [0.2, 0.25) is 5.91 Å². The Morgan fingerprint density at radius 2 is 2.00 bits per heavy atom. The molecular weight excluding hydrogens is 242 g/mol. The maximum atomic E-state index is 12.1. The van der Waals surface area contributed by atoms with Crippen molar-refractivity contribution in [3.8, 4) is 0 Å². The van der Waals surface area contributed by atoms with Crippen LogP contribution in [0, 0.1) is 0 Å². The highest BCUT2D eigenvalue weighted by Crippen LogP contribution is 2.11. The SMILES string of the molecule is CC(C)OCCN(C)C(CN)CC(=O)N1CCCC1. The van der Waals surface area contributed by atoms with Crippen LogP contribution in [0.15, 0.2) is 0 Å². The Kier molecular flexibility index (Phi) is 7.34. The van der Waals surface area contributed by atoms with E-state index in [-0.39, 0.29) is 18.1 Å². The maximum Gasteiger partial charge on any atom is 0.224 e. The minimum Gasteiger partial charge on any atom is -0.377 e. The Morgan fingerprint density at radius 1 is 1.37 bits per heavy atom. The van der Waals surface area contributed by atoms with Crippen molar-refractivity contribution < 1.29 is 9.53 Å². The minimum absolute atomic E-state index is 0.115. The highest BCUT2D eigenvalue weighted by atomic mass is 16.5. The van der Waals surface area contributed by atoms with Gasteiger partial charge >= 0.3 is 0 Å². The number of amides is 1. The molecule has 1 aliphatic rings. The van der Waals surface area contributed by atoms with Crippen molar-refractivity contribution in [1.82, 2.24) is 9.80 Å². The predicted molar refractivity (Wildman–Crippen MR) is 77.0 cm³/mol. The van der Waals surface area contributed by atoms with Crippen LogP contribution in [0.5, 0.6) is 0 Å². The Hall–Kier alpha value is -0.650. The Labute approximate surface area is 117 Å². The number of hydrogen-bond donors (Lipinski definition) is 1.